The van der Waals surface area contributed by atoms with Crippen molar-refractivity contribution >= 4 is 11.8 Å². The Bertz CT molecular complexity index is 633. The largest absolute Gasteiger partial charge is 0.378 e. The van der Waals surface area contributed by atoms with Crippen LogP contribution in [0.15, 0.2) is 6.20 Å². The fourth-order valence-corrected chi connectivity index (χ4v) is 2.44. The van der Waals surface area contributed by atoms with E-state index in [2.05, 4.69) is 25.5 Å². The first-order chi connectivity index (χ1) is 10.6. The minimum Gasteiger partial charge on any atom is -0.378 e. The lowest BCUT2D eigenvalue weighted by atomic mass is 10.2. The van der Waals surface area contributed by atoms with Crippen LogP contribution in [0.1, 0.15) is 17.0 Å². The summed E-state index contributed by atoms with van der Waals surface area (Å²) in [4.78, 5) is 10.2. The van der Waals surface area contributed by atoms with Gasteiger partial charge in [0.1, 0.15) is 0 Å². The molecule has 0 bridgehead atoms. The van der Waals surface area contributed by atoms with Crippen LogP contribution in [0.3, 0.4) is 0 Å². The van der Waals surface area contributed by atoms with E-state index in [-0.39, 0.29) is 0 Å². The van der Waals surface area contributed by atoms with E-state index in [1.54, 1.807) is 0 Å². The second-order valence-corrected chi connectivity index (χ2v) is 5.23. The number of aryl methyl sites for hydroxylation is 2. The molecular weight excluding hydrogens is 287 g/mol. The summed E-state index contributed by atoms with van der Waals surface area (Å²) in [5.74, 6) is 0.312. The lowest BCUT2D eigenvalue weighted by molar-refractivity contribution is 0.122. The van der Waals surface area contributed by atoms with Gasteiger partial charge < -0.3 is 15.0 Å². The predicted octanol–water partition coefficient (Wildman–Crippen LogP) is 1.40. The molecule has 0 spiro atoms. The van der Waals surface area contributed by atoms with Crippen molar-refractivity contribution in [3.63, 3.8) is 0 Å². The number of hydrogen-bond acceptors (Lipinski definition) is 6. The molecule has 0 aliphatic carbocycles. The molecule has 0 aromatic carbocycles. The summed E-state index contributed by atoms with van der Waals surface area (Å²) >= 11 is 0. The second-order valence-electron chi connectivity index (χ2n) is 5.23. The van der Waals surface area contributed by atoms with Gasteiger partial charge in [-0.25, -0.2) is 9.37 Å². The Morgan fingerprint density at radius 1 is 1.36 bits per heavy atom. The third-order valence-corrected chi connectivity index (χ3v) is 3.74. The summed E-state index contributed by atoms with van der Waals surface area (Å²) in [6.07, 6.45) is 1.20. The van der Waals surface area contributed by atoms with E-state index in [4.69, 9.17) is 4.74 Å². The molecule has 22 heavy (non-hydrogen) atoms. The van der Waals surface area contributed by atoms with E-state index in [1.807, 2.05) is 18.7 Å². The Hall–Kier alpha value is -2.22. The van der Waals surface area contributed by atoms with Crippen LogP contribution in [-0.2, 0) is 11.3 Å². The summed E-state index contributed by atoms with van der Waals surface area (Å²) in [6, 6.07) is 0. The van der Waals surface area contributed by atoms with Gasteiger partial charge in [-0.3, -0.25) is 5.10 Å². The maximum atomic E-state index is 13.9. The van der Waals surface area contributed by atoms with Gasteiger partial charge >= 0.3 is 0 Å². The molecule has 118 valence electrons. The zero-order valence-electron chi connectivity index (χ0n) is 12.7. The maximum absolute atomic E-state index is 13.9. The van der Waals surface area contributed by atoms with Gasteiger partial charge in [0.25, 0.3) is 0 Å². The quantitative estimate of drug-likeness (QED) is 0.889. The van der Waals surface area contributed by atoms with Crippen LogP contribution in [0.5, 0.6) is 0 Å². The molecule has 3 rings (SSSR count). The number of hydrogen-bond donors (Lipinski definition) is 2. The molecular formula is C14H19FN6O. The molecule has 0 saturated carbocycles. The monoisotopic (exact) mass is 306 g/mol. The normalized spacial score (nSPS) is 15.1. The van der Waals surface area contributed by atoms with Gasteiger partial charge in [0, 0.05) is 30.9 Å². The Morgan fingerprint density at radius 3 is 2.82 bits per heavy atom. The van der Waals surface area contributed by atoms with Crippen molar-refractivity contribution in [1.82, 2.24) is 20.2 Å². The van der Waals surface area contributed by atoms with Crippen LogP contribution in [0, 0.1) is 19.7 Å². The molecule has 2 N–H and O–H groups in total. The van der Waals surface area contributed by atoms with E-state index in [0.29, 0.717) is 44.6 Å². The highest BCUT2D eigenvalue weighted by Gasteiger charge is 2.18. The highest BCUT2D eigenvalue weighted by molar-refractivity contribution is 5.44. The number of ether oxygens (including phenoxy) is 1. The SMILES string of the molecule is Cc1n[nH]c(C)c1CNc1ncc(F)c(N2CCOCC2)n1. The molecule has 1 fully saturated rings. The zero-order chi connectivity index (χ0) is 15.5. The second kappa shape index (κ2) is 6.27. The van der Waals surface area contributed by atoms with Crippen LogP contribution in [0.25, 0.3) is 0 Å². The average molecular weight is 306 g/mol. The van der Waals surface area contributed by atoms with E-state index in [1.165, 1.54) is 6.20 Å². The number of anilines is 2. The highest BCUT2D eigenvalue weighted by atomic mass is 19.1. The van der Waals surface area contributed by atoms with Crippen molar-refractivity contribution in [3.8, 4) is 0 Å². The van der Waals surface area contributed by atoms with E-state index >= 15 is 0 Å². The first-order valence-corrected chi connectivity index (χ1v) is 7.24. The van der Waals surface area contributed by atoms with E-state index in [0.717, 1.165) is 17.0 Å². The third-order valence-electron chi connectivity index (χ3n) is 3.74. The number of aromatic nitrogens is 4. The van der Waals surface area contributed by atoms with Crippen LogP contribution < -0.4 is 10.2 Å². The van der Waals surface area contributed by atoms with Gasteiger partial charge in [-0.2, -0.15) is 10.1 Å². The Kier molecular flexibility index (Phi) is 4.19. The molecule has 1 aliphatic heterocycles. The molecule has 1 saturated heterocycles. The molecule has 2 aromatic heterocycles. The Morgan fingerprint density at radius 2 is 2.14 bits per heavy atom. The number of H-pyrrole nitrogens is 1. The Balaban J connectivity index is 1.74. The molecule has 7 nitrogen and oxygen atoms in total. The van der Waals surface area contributed by atoms with Crippen LogP contribution >= 0.6 is 0 Å². The van der Waals surface area contributed by atoms with Crippen molar-refractivity contribution in [2.24, 2.45) is 0 Å². The number of halogens is 1. The molecule has 8 heteroatoms. The summed E-state index contributed by atoms with van der Waals surface area (Å²) in [6.45, 7) is 6.87. The van der Waals surface area contributed by atoms with Crippen molar-refractivity contribution < 1.29 is 9.13 Å². The lowest BCUT2D eigenvalue weighted by Gasteiger charge is -2.28. The fraction of sp³-hybridized carbons (Fsp3) is 0.500. The topological polar surface area (TPSA) is 79.0 Å². The van der Waals surface area contributed by atoms with Gasteiger partial charge in [-0.15, -0.1) is 0 Å². The first kappa shape index (κ1) is 14.7. The summed E-state index contributed by atoms with van der Waals surface area (Å²) in [5, 5.41) is 10.2. The molecule has 0 radical (unpaired) electrons. The number of rotatable bonds is 4. The van der Waals surface area contributed by atoms with Gasteiger partial charge in [0.05, 0.1) is 25.1 Å². The standard InChI is InChI=1S/C14H19FN6O/c1-9-11(10(2)20-19-9)7-16-14-17-8-12(15)13(18-14)21-3-5-22-6-4-21/h8H,3-7H2,1-2H3,(H,19,20)(H,16,17,18). The van der Waals surface area contributed by atoms with Crippen molar-refractivity contribution in [3.05, 3.63) is 29.0 Å². The van der Waals surface area contributed by atoms with Crippen LogP contribution in [0.4, 0.5) is 16.2 Å². The first-order valence-electron chi connectivity index (χ1n) is 7.24. The minimum atomic E-state index is -0.414. The Labute approximate surface area is 127 Å². The highest BCUT2D eigenvalue weighted by Crippen LogP contribution is 2.19. The molecule has 0 unspecified atom stereocenters. The molecule has 3 heterocycles. The minimum absolute atomic E-state index is 0.321. The molecule has 0 amide bonds. The maximum Gasteiger partial charge on any atom is 0.225 e. The van der Waals surface area contributed by atoms with E-state index in [9.17, 15) is 4.39 Å². The van der Waals surface area contributed by atoms with Gasteiger partial charge in [-0.1, -0.05) is 0 Å². The summed E-state index contributed by atoms with van der Waals surface area (Å²) < 4.78 is 19.2. The van der Waals surface area contributed by atoms with Crippen molar-refractivity contribution in [2.75, 3.05) is 36.5 Å². The van der Waals surface area contributed by atoms with E-state index < -0.39 is 5.82 Å². The third kappa shape index (κ3) is 3.01. The molecule has 0 atom stereocenters. The van der Waals surface area contributed by atoms with Gasteiger partial charge in [0.15, 0.2) is 11.6 Å². The summed E-state index contributed by atoms with van der Waals surface area (Å²) in [5.41, 5.74) is 3.00. The number of morpholine rings is 1. The van der Waals surface area contributed by atoms with Crippen LogP contribution in [-0.4, -0.2) is 46.5 Å². The van der Waals surface area contributed by atoms with Gasteiger partial charge in [0.2, 0.25) is 5.95 Å². The van der Waals surface area contributed by atoms with Crippen molar-refractivity contribution in [2.45, 2.75) is 20.4 Å². The smallest absolute Gasteiger partial charge is 0.225 e. The molecule has 1 aliphatic rings. The lowest BCUT2D eigenvalue weighted by Crippen LogP contribution is -2.37. The zero-order valence-corrected chi connectivity index (χ0v) is 12.7. The molecule has 2 aromatic rings. The number of aromatic amines is 1. The van der Waals surface area contributed by atoms with Crippen molar-refractivity contribution in [1.29, 1.82) is 0 Å². The van der Waals surface area contributed by atoms with Gasteiger partial charge in [-0.05, 0) is 13.8 Å². The van der Waals surface area contributed by atoms with Crippen LogP contribution in [0.2, 0.25) is 0 Å². The average Bonchev–Trinajstić information content (AvgIpc) is 2.86. The predicted molar refractivity (Wildman–Crippen MR) is 80.4 cm³/mol. The fourth-order valence-electron chi connectivity index (χ4n) is 2.44. The number of nitrogens with one attached hydrogen (secondary N) is 2. The summed E-state index contributed by atoms with van der Waals surface area (Å²) in [7, 11) is 0. The number of nitrogens with zero attached hydrogens (tertiary/aromatic N) is 4.